The summed E-state index contributed by atoms with van der Waals surface area (Å²) in [5.41, 5.74) is 3.59. The molecular formula is C15H13Br2NO. The van der Waals surface area contributed by atoms with Crippen LogP contribution in [0.15, 0.2) is 45.3 Å². The molecule has 0 spiro atoms. The van der Waals surface area contributed by atoms with E-state index in [1.54, 1.807) is 0 Å². The minimum Gasteiger partial charge on any atom is -0.321 e. The standard InChI is InChI=1S/C15H13Br2NO/c1-9-3-5-12(16)11(7-9)15(19)18-14-6-4-10(2)8-13(14)17/h3-8H,1-2H3,(H,18,19). The maximum Gasteiger partial charge on any atom is 0.256 e. The first-order valence-corrected chi connectivity index (χ1v) is 7.39. The summed E-state index contributed by atoms with van der Waals surface area (Å²) in [6, 6.07) is 11.5. The number of rotatable bonds is 2. The van der Waals surface area contributed by atoms with E-state index in [2.05, 4.69) is 37.2 Å². The fourth-order valence-corrected chi connectivity index (χ4v) is 2.74. The van der Waals surface area contributed by atoms with Crippen molar-refractivity contribution in [2.45, 2.75) is 13.8 Å². The third-order valence-corrected chi connectivity index (χ3v) is 4.09. The van der Waals surface area contributed by atoms with Gasteiger partial charge in [0.05, 0.1) is 11.3 Å². The number of benzene rings is 2. The summed E-state index contributed by atoms with van der Waals surface area (Å²) in [6.07, 6.45) is 0. The number of nitrogens with one attached hydrogen (secondary N) is 1. The van der Waals surface area contributed by atoms with E-state index in [1.807, 2.05) is 50.2 Å². The first-order chi connectivity index (χ1) is 8.97. The van der Waals surface area contributed by atoms with Crippen molar-refractivity contribution in [1.29, 1.82) is 0 Å². The van der Waals surface area contributed by atoms with E-state index in [1.165, 1.54) is 0 Å². The summed E-state index contributed by atoms with van der Waals surface area (Å²) >= 11 is 6.86. The first-order valence-electron chi connectivity index (χ1n) is 5.81. The summed E-state index contributed by atoms with van der Waals surface area (Å²) < 4.78 is 1.67. The molecule has 0 unspecified atom stereocenters. The van der Waals surface area contributed by atoms with Gasteiger partial charge in [0.25, 0.3) is 5.91 Å². The van der Waals surface area contributed by atoms with Crippen LogP contribution < -0.4 is 5.32 Å². The highest BCUT2D eigenvalue weighted by Crippen LogP contribution is 2.25. The molecule has 0 aliphatic rings. The van der Waals surface area contributed by atoms with Crippen molar-refractivity contribution < 1.29 is 4.79 Å². The third-order valence-electron chi connectivity index (χ3n) is 2.74. The molecule has 2 aromatic rings. The van der Waals surface area contributed by atoms with Gasteiger partial charge in [-0.25, -0.2) is 0 Å². The largest absolute Gasteiger partial charge is 0.321 e. The van der Waals surface area contributed by atoms with Gasteiger partial charge in [-0.05, 0) is 75.5 Å². The molecule has 0 heterocycles. The summed E-state index contributed by atoms with van der Waals surface area (Å²) in [6.45, 7) is 3.97. The Kier molecular flexibility index (Phi) is 4.42. The molecule has 0 aliphatic carbocycles. The Balaban J connectivity index is 2.28. The normalized spacial score (nSPS) is 10.3. The predicted octanol–water partition coefficient (Wildman–Crippen LogP) is 5.08. The maximum absolute atomic E-state index is 12.3. The van der Waals surface area contributed by atoms with Gasteiger partial charge in [0, 0.05) is 8.95 Å². The smallest absolute Gasteiger partial charge is 0.256 e. The summed E-state index contributed by atoms with van der Waals surface area (Å²) in [7, 11) is 0. The Morgan fingerprint density at radius 3 is 2.26 bits per heavy atom. The summed E-state index contributed by atoms with van der Waals surface area (Å²) in [5, 5.41) is 2.91. The topological polar surface area (TPSA) is 29.1 Å². The number of hydrogen-bond donors (Lipinski definition) is 1. The third kappa shape index (κ3) is 3.45. The van der Waals surface area contributed by atoms with Gasteiger partial charge in [-0.15, -0.1) is 0 Å². The molecule has 0 aromatic heterocycles. The molecule has 0 saturated carbocycles. The zero-order valence-electron chi connectivity index (χ0n) is 10.6. The molecule has 0 aliphatic heterocycles. The van der Waals surface area contributed by atoms with Crippen LogP contribution in [0.4, 0.5) is 5.69 Å². The second-order valence-corrected chi connectivity index (χ2v) is 6.13. The Hall–Kier alpha value is -1.13. The van der Waals surface area contributed by atoms with Crippen LogP contribution in [-0.4, -0.2) is 5.91 Å². The van der Waals surface area contributed by atoms with Crippen molar-refractivity contribution in [3.8, 4) is 0 Å². The van der Waals surface area contributed by atoms with Gasteiger partial charge in [-0.2, -0.15) is 0 Å². The Morgan fingerprint density at radius 2 is 1.58 bits per heavy atom. The summed E-state index contributed by atoms with van der Waals surface area (Å²) in [5.74, 6) is -0.125. The number of carbonyl (C=O) groups excluding carboxylic acids is 1. The van der Waals surface area contributed by atoms with E-state index >= 15 is 0 Å². The molecule has 1 amide bonds. The van der Waals surface area contributed by atoms with Crippen molar-refractivity contribution in [2.75, 3.05) is 5.32 Å². The fourth-order valence-electron chi connectivity index (χ4n) is 1.72. The second kappa shape index (κ2) is 5.88. The van der Waals surface area contributed by atoms with E-state index in [-0.39, 0.29) is 5.91 Å². The lowest BCUT2D eigenvalue weighted by molar-refractivity contribution is 0.102. The van der Waals surface area contributed by atoms with Crippen LogP contribution in [0.1, 0.15) is 21.5 Å². The Bertz CT molecular complexity index is 638. The second-order valence-electron chi connectivity index (χ2n) is 4.42. The minimum atomic E-state index is -0.125. The molecule has 2 nitrogen and oxygen atoms in total. The Morgan fingerprint density at radius 1 is 0.947 bits per heavy atom. The van der Waals surface area contributed by atoms with Crippen molar-refractivity contribution in [3.05, 3.63) is 62.0 Å². The average molecular weight is 383 g/mol. The van der Waals surface area contributed by atoms with Crippen LogP contribution >= 0.6 is 31.9 Å². The van der Waals surface area contributed by atoms with Gasteiger partial charge < -0.3 is 5.32 Å². The zero-order chi connectivity index (χ0) is 14.0. The number of halogens is 2. The van der Waals surface area contributed by atoms with Crippen molar-refractivity contribution >= 4 is 43.5 Å². The van der Waals surface area contributed by atoms with E-state index in [9.17, 15) is 4.79 Å². The van der Waals surface area contributed by atoms with Crippen LogP contribution in [0, 0.1) is 13.8 Å². The maximum atomic E-state index is 12.3. The average Bonchev–Trinajstić information content (AvgIpc) is 2.35. The van der Waals surface area contributed by atoms with Crippen molar-refractivity contribution in [1.82, 2.24) is 0 Å². The molecule has 0 atom stereocenters. The fraction of sp³-hybridized carbons (Fsp3) is 0.133. The van der Waals surface area contributed by atoms with E-state index in [4.69, 9.17) is 0 Å². The minimum absolute atomic E-state index is 0.125. The molecule has 1 N–H and O–H groups in total. The van der Waals surface area contributed by atoms with Gasteiger partial charge in [-0.1, -0.05) is 17.7 Å². The molecule has 0 saturated heterocycles. The van der Waals surface area contributed by atoms with Gasteiger partial charge in [0.2, 0.25) is 0 Å². The number of amides is 1. The van der Waals surface area contributed by atoms with Crippen molar-refractivity contribution in [3.63, 3.8) is 0 Å². The highest BCUT2D eigenvalue weighted by Gasteiger charge is 2.11. The van der Waals surface area contributed by atoms with Crippen LogP contribution in [-0.2, 0) is 0 Å². The monoisotopic (exact) mass is 381 g/mol. The van der Waals surface area contributed by atoms with Gasteiger partial charge in [0.15, 0.2) is 0 Å². The molecular weight excluding hydrogens is 370 g/mol. The highest BCUT2D eigenvalue weighted by molar-refractivity contribution is 9.11. The molecule has 4 heteroatoms. The predicted molar refractivity (Wildman–Crippen MR) is 85.7 cm³/mol. The van der Waals surface area contributed by atoms with Crippen LogP contribution in [0.5, 0.6) is 0 Å². The lowest BCUT2D eigenvalue weighted by Crippen LogP contribution is -2.13. The highest BCUT2D eigenvalue weighted by atomic mass is 79.9. The van der Waals surface area contributed by atoms with Crippen LogP contribution in [0.3, 0.4) is 0 Å². The zero-order valence-corrected chi connectivity index (χ0v) is 13.8. The Labute approximate surface area is 129 Å². The lowest BCUT2D eigenvalue weighted by atomic mass is 10.1. The molecule has 2 aromatic carbocycles. The van der Waals surface area contributed by atoms with E-state index in [0.717, 1.165) is 25.8 Å². The number of carbonyl (C=O) groups is 1. The molecule has 0 radical (unpaired) electrons. The molecule has 0 bridgehead atoms. The quantitative estimate of drug-likeness (QED) is 0.770. The molecule has 2 rings (SSSR count). The number of anilines is 1. The van der Waals surface area contributed by atoms with E-state index in [0.29, 0.717) is 5.56 Å². The van der Waals surface area contributed by atoms with Crippen LogP contribution in [0.2, 0.25) is 0 Å². The number of hydrogen-bond acceptors (Lipinski definition) is 1. The SMILES string of the molecule is Cc1ccc(NC(=O)c2cc(C)ccc2Br)c(Br)c1. The van der Waals surface area contributed by atoms with Gasteiger partial charge in [0.1, 0.15) is 0 Å². The van der Waals surface area contributed by atoms with Crippen LogP contribution in [0.25, 0.3) is 0 Å². The molecule has 0 fully saturated rings. The van der Waals surface area contributed by atoms with Gasteiger partial charge in [-0.3, -0.25) is 4.79 Å². The summed E-state index contributed by atoms with van der Waals surface area (Å²) in [4.78, 5) is 12.3. The molecule has 19 heavy (non-hydrogen) atoms. The van der Waals surface area contributed by atoms with Gasteiger partial charge >= 0.3 is 0 Å². The first kappa shape index (κ1) is 14.3. The van der Waals surface area contributed by atoms with E-state index < -0.39 is 0 Å². The van der Waals surface area contributed by atoms with Crippen molar-refractivity contribution in [2.24, 2.45) is 0 Å². The number of aryl methyl sites for hydroxylation is 2. The molecule has 98 valence electrons. The lowest BCUT2D eigenvalue weighted by Gasteiger charge is -2.10.